The van der Waals surface area contributed by atoms with Crippen LogP contribution in [0.15, 0.2) is 48.5 Å². The second-order valence-electron chi connectivity index (χ2n) is 7.87. The van der Waals surface area contributed by atoms with Crippen LogP contribution in [0.1, 0.15) is 68.1 Å². The average Bonchev–Trinajstić information content (AvgIpc) is 2.65. The molecule has 1 amide bonds. The number of amides is 1. The number of aliphatic carboxylic acids is 1. The van der Waals surface area contributed by atoms with E-state index in [1.165, 1.54) is 0 Å². The van der Waals surface area contributed by atoms with Crippen LogP contribution in [0.3, 0.4) is 0 Å². The van der Waals surface area contributed by atoms with E-state index >= 15 is 0 Å². The van der Waals surface area contributed by atoms with Crippen molar-refractivity contribution in [1.29, 1.82) is 0 Å². The molecule has 0 spiro atoms. The predicted molar refractivity (Wildman–Crippen MR) is 110 cm³/mol. The molecule has 1 unspecified atom stereocenters. The minimum atomic E-state index is -0.973. The lowest BCUT2D eigenvalue weighted by atomic mass is 9.86. The van der Waals surface area contributed by atoms with E-state index in [2.05, 4.69) is 26.1 Å². The van der Waals surface area contributed by atoms with E-state index in [4.69, 9.17) is 4.74 Å². The van der Waals surface area contributed by atoms with Crippen molar-refractivity contribution in [3.63, 3.8) is 0 Å². The first-order valence-electron chi connectivity index (χ1n) is 9.56. The number of nitrogens with one attached hydrogen (secondary N) is 1. The van der Waals surface area contributed by atoms with Crippen molar-refractivity contribution in [2.75, 3.05) is 6.61 Å². The Balaban J connectivity index is 2.15. The van der Waals surface area contributed by atoms with Crippen LogP contribution >= 0.6 is 0 Å². The third kappa shape index (κ3) is 6.12. The molecule has 0 radical (unpaired) electrons. The van der Waals surface area contributed by atoms with Gasteiger partial charge in [-0.1, -0.05) is 52.0 Å². The highest BCUT2D eigenvalue weighted by Gasteiger charge is 2.20. The molecule has 2 aromatic rings. The molecule has 0 saturated heterocycles. The summed E-state index contributed by atoms with van der Waals surface area (Å²) in [6.45, 7) is 8.98. The number of carboxylic acid groups (broad SMARTS) is 1. The largest absolute Gasteiger partial charge is 0.494 e. The average molecular weight is 383 g/mol. The monoisotopic (exact) mass is 383 g/mol. The van der Waals surface area contributed by atoms with Crippen molar-refractivity contribution in [2.45, 2.75) is 52.0 Å². The summed E-state index contributed by atoms with van der Waals surface area (Å²) in [7, 11) is 0. The Morgan fingerprint density at radius 3 is 2.14 bits per heavy atom. The third-order valence-corrected chi connectivity index (χ3v) is 4.45. The van der Waals surface area contributed by atoms with Gasteiger partial charge in [-0.3, -0.25) is 9.59 Å². The van der Waals surface area contributed by atoms with E-state index in [0.717, 1.165) is 23.3 Å². The van der Waals surface area contributed by atoms with Gasteiger partial charge in [-0.05, 0) is 47.2 Å². The fourth-order valence-corrected chi connectivity index (χ4v) is 2.81. The predicted octanol–water partition coefficient (Wildman–Crippen LogP) is 4.72. The molecule has 0 fully saturated rings. The molecule has 1 atom stereocenters. The number of rotatable bonds is 8. The fraction of sp³-hybridized carbons (Fsp3) is 0.391. The SMILES string of the molecule is CCCOc1ccc(C(CC(=O)O)NC(=O)c2ccc(C(C)(C)C)cc2)cc1. The van der Waals surface area contributed by atoms with E-state index in [1.54, 1.807) is 36.4 Å². The van der Waals surface area contributed by atoms with E-state index in [0.29, 0.717) is 12.2 Å². The summed E-state index contributed by atoms with van der Waals surface area (Å²) in [5, 5.41) is 12.1. The maximum atomic E-state index is 12.7. The number of carbonyl (C=O) groups is 2. The number of carbonyl (C=O) groups excluding carboxylic acids is 1. The summed E-state index contributed by atoms with van der Waals surface area (Å²) in [5.74, 6) is -0.540. The van der Waals surface area contributed by atoms with Crippen molar-refractivity contribution >= 4 is 11.9 Å². The van der Waals surface area contributed by atoms with Crippen molar-refractivity contribution < 1.29 is 19.4 Å². The van der Waals surface area contributed by atoms with Gasteiger partial charge in [0.1, 0.15) is 5.75 Å². The highest BCUT2D eigenvalue weighted by atomic mass is 16.5. The van der Waals surface area contributed by atoms with E-state index < -0.39 is 12.0 Å². The molecule has 0 saturated carbocycles. The summed E-state index contributed by atoms with van der Waals surface area (Å²) in [6, 6.07) is 14.0. The first kappa shape index (κ1) is 21.5. The van der Waals surface area contributed by atoms with Crippen LogP contribution < -0.4 is 10.1 Å². The normalized spacial score (nSPS) is 12.3. The topological polar surface area (TPSA) is 75.6 Å². The lowest BCUT2D eigenvalue weighted by molar-refractivity contribution is -0.137. The van der Waals surface area contributed by atoms with Gasteiger partial charge >= 0.3 is 5.97 Å². The van der Waals surface area contributed by atoms with Gasteiger partial charge in [0.25, 0.3) is 5.91 Å². The van der Waals surface area contributed by atoms with Gasteiger partial charge in [-0.15, -0.1) is 0 Å². The molecular formula is C23H29NO4. The quantitative estimate of drug-likeness (QED) is 0.692. The van der Waals surface area contributed by atoms with Gasteiger partial charge in [0.15, 0.2) is 0 Å². The highest BCUT2D eigenvalue weighted by Crippen LogP contribution is 2.24. The van der Waals surface area contributed by atoms with E-state index in [9.17, 15) is 14.7 Å². The molecule has 5 nitrogen and oxygen atoms in total. The minimum Gasteiger partial charge on any atom is -0.494 e. The molecule has 0 bridgehead atoms. The summed E-state index contributed by atoms with van der Waals surface area (Å²) >= 11 is 0. The molecule has 0 aliphatic rings. The molecule has 0 aliphatic carbocycles. The van der Waals surface area contributed by atoms with Crippen molar-refractivity contribution in [3.05, 3.63) is 65.2 Å². The van der Waals surface area contributed by atoms with Gasteiger partial charge in [-0.2, -0.15) is 0 Å². The first-order chi connectivity index (χ1) is 13.2. The fourth-order valence-electron chi connectivity index (χ4n) is 2.81. The van der Waals surface area contributed by atoms with Crippen LogP contribution in [0.5, 0.6) is 5.75 Å². The zero-order valence-electron chi connectivity index (χ0n) is 17.0. The van der Waals surface area contributed by atoms with Gasteiger partial charge < -0.3 is 15.2 Å². The maximum absolute atomic E-state index is 12.7. The Bertz CT molecular complexity index is 789. The third-order valence-electron chi connectivity index (χ3n) is 4.45. The van der Waals surface area contributed by atoms with Crippen LogP contribution in [-0.4, -0.2) is 23.6 Å². The van der Waals surface area contributed by atoms with Gasteiger partial charge in [0.2, 0.25) is 0 Å². The number of ether oxygens (including phenoxy) is 1. The smallest absolute Gasteiger partial charge is 0.305 e. The second kappa shape index (κ2) is 9.40. The van der Waals surface area contributed by atoms with E-state index in [-0.39, 0.29) is 17.7 Å². The van der Waals surface area contributed by atoms with Crippen LogP contribution in [0, 0.1) is 0 Å². The van der Waals surface area contributed by atoms with Crippen molar-refractivity contribution in [1.82, 2.24) is 5.32 Å². The van der Waals surface area contributed by atoms with Crippen molar-refractivity contribution in [3.8, 4) is 5.75 Å². The van der Waals surface area contributed by atoms with Gasteiger partial charge in [0.05, 0.1) is 19.1 Å². The Morgan fingerprint density at radius 1 is 1.04 bits per heavy atom. The summed E-state index contributed by atoms with van der Waals surface area (Å²) < 4.78 is 5.56. The number of hydrogen-bond acceptors (Lipinski definition) is 3. The summed E-state index contributed by atoms with van der Waals surface area (Å²) in [4.78, 5) is 23.9. The van der Waals surface area contributed by atoms with Crippen molar-refractivity contribution in [2.24, 2.45) is 0 Å². The molecule has 0 heterocycles. The summed E-state index contributed by atoms with van der Waals surface area (Å²) in [6.07, 6.45) is 0.717. The molecule has 0 aromatic heterocycles. The summed E-state index contributed by atoms with van der Waals surface area (Å²) in [5.41, 5.74) is 2.37. The Labute approximate surface area is 166 Å². The van der Waals surface area contributed by atoms with Crippen LogP contribution in [0.2, 0.25) is 0 Å². The lowest BCUT2D eigenvalue weighted by Crippen LogP contribution is -2.30. The Kier molecular flexibility index (Phi) is 7.21. The maximum Gasteiger partial charge on any atom is 0.305 e. The molecule has 5 heteroatoms. The number of carboxylic acids is 1. The van der Waals surface area contributed by atoms with Crippen LogP contribution in [0.25, 0.3) is 0 Å². The van der Waals surface area contributed by atoms with Gasteiger partial charge in [0, 0.05) is 5.56 Å². The number of hydrogen-bond donors (Lipinski definition) is 2. The molecule has 0 aliphatic heterocycles. The zero-order valence-corrected chi connectivity index (χ0v) is 17.0. The van der Waals surface area contributed by atoms with Gasteiger partial charge in [-0.25, -0.2) is 0 Å². The number of benzene rings is 2. The van der Waals surface area contributed by atoms with Crippen LogP contribution in [-0.2, 0) is 10.2 Å². The Hall–Kier alpha value is -2.82. The van der Waals surface area contributed by atoms with Crippen LogP contribution in [0.4, 0.5) is 0 Å². The minimum absolute atomic E-state index is 0.00242. The first-order valence-corrected chi connectivity index (χ1v) is 9.56. The Morgan fingerprint density at radius 2 is 1.64 bits per heavy atom. The standard InChI is InChI=1S/C23H29NO4/c1-5-14-28-19-12-8-16(9-13-19)20(15-21(25)26)24-22(27)17-6-10-18(11-7-17)23(2,3)4/h6-13,20H,5,14-15H2,1-4H3,(H,24,27)(H,25,26). The molecular weight excluding hydrogens is 354 g/mol. The lowest BCUT2D eigenvalue weighted by Gasteiger charge is -2.20. The molecule has 28 heavy (non-hydrogen) atoms. The molecule has 2 rings (SSSR count). The molecule has 2 aromatic carbocycles. The highest BCUT2D eigenvalue weighted by molar-refractivity contribution is 5.94. The molecule has 2 N–H and O–H groups in total. The second-order valence-corrected chi connectivity index (χ2v) is 7.87. The van der Waals surface area contributed by atoms with E-state index in [1.807, 2.05) is 19.1 Å². The molecule has 150 valence electrons. The zero-order chi connectivity index (χ0) is 20.7.